The Morgan fingerprint density at radius 1 is 1.28 bits per heavy atom. The van der Waals surface area contributed by atoms with Crippen LogP contribution in [-0.2, 0) is 4.74 Å². The number of rotatable bonds is 7. The summed E-state index contributed by atoms with van der Waals surface area (Å²) in [5.41, 5.74) is 3.43. The number of amides is 1. The highest BCUT2D eigenvalue weighted by atomic mass is 16.5. The Bertz CT molecular complexity index is 979. The third-order valence-corrected chi connectivity index (χ3v) is 5.18. The maximum atomic E-state index is 12.5. The van der Waals surface area contributed by atoms with E-state index in [0.29, 0.717) is 18.0 Å². The normalized spacial score (nSPS) is 14.8. The molecule has 2 aromatic heterocycles. The van der Waals surface area contributed by atoms with Crippen LogP contribution in [0.3, 0.4) is 0 Å². The number of hydrogen-bond donors (Lipinski definition) is 2. The van der Waals surface area contributed by atoms with Crippen molar-refractivity contribution in [3.05, 3.63) is 48.2 Å². The molecule has 7 nitrogen and oxygen atoms in total. The van der Waals surface area contributed by atoms with Gasteiger partial charge in [-0.3, -0.25) is 9.69 Å². The van der Waals surface area contributed by atoms with Crippen molar-refractivity contribution in [1.29, 1.82) is 0 Å². The minimum Gasteiger partial charge on any atom is -0.481 e. The Morgan fingerprint density at radius 2 is 2.14 bits per heavy atom. The standard InChI is InChI=1S/C22H26N4O3/c1-28-22-18(4-2-7-24-22)20-15-17-14-16(5-6-19(17)25-20)21(27)23-8-3-9-26-10-12-29-13-11-26/h2,4-7,14-15,25H,3,8-13H2,1H3,(H,23,27). The number of hydrogen-bond acceptors (Lipinski definition) is 5. The highest BCUT2D eigenvalue weighted by Crippen LogP contribution is 2.30. The van der Waals surface area contributed by atoms with Gasteiger partial charge in [-0.05, 0) is 49.4 Å². The van der Waals surface area contributed by atoms with Gasteiger partial charge < -0.3 is 19.8 Å². The molecule has 1 aromatic carbocycles. The Hall–Kier alpha value is -2.90. The number of H-pyrrole nitrogens is 1. The molecule has 0 aliphatic carbocycles. The van der Waals surface area contributed by atoms with Crippen LogP contribution in [0.2, 0.25) is 0 Å². The molecule has 1 aliphatic rings. The number of carbonyl (C=O) groups is 1. The number of methoxy groups -OCH3 is 1. The molecule has 1 amide bonds. The SMILES string of the molecule is COc1ncccc1-c1cc2cc(C(=O)NCCCN3CCOCC3)ccc2[nH]1. The van der Waals surface area contributed by atoms with Crippen molar-refractivity contribution in [3.8, 4) is 17.1 Å². The molecule has 2 N–H and O–H groups in total. The van der Waals surface area contributed by atoms with Crippen LogP contribution in [0.25, 0.3) is 22.2 Å². The maximum Gasteiger partial charge on any atom is 0.251 e. The van der Waals surface area contributed by atoms with E-state index >= 15 is 0 Å². The number of fused-ring (bicyclic) bond motifs is 1. The number of morpholine rings is 1. The zero-order chi connectivity index (χ0) is 20.1. The Balaban J connectivity index is 1.40. The van der Waals surface area contributed by atoms with E-state index in [1.807, 2.05) is 36.4 Å². The molecule has 1 fully saturated rings. The fourth-order valence-corrected chi connectivity index (χ4v) is 3.61. The van der Waals surface area contributed by atoms with Gasteiger partial charge in [-0.1, -0.05) is 0 Å². The summed E-state index contributed by atoms with van der Waals surface area (Å²) in [5.74, 6) is 0.521. The predicted octanol–water partition coefficient (Wildman–Crippen LogP) is 2.69. The first-order valence-corrected chi connectivity index (χ1v) is 9.95. The number of benzene rings is 1. The van der Waals surface area contributed by atoms with Crippen LogP contribution in [-0.4, -0.2) is 67.3 Å². The van der Waals surface area contributed by atoms with E-state index in [2.05, 4.69) is 20.2 Å². The molecule has 152 valence electrons. The summed E-state index contributed by atoms with van der Waals surface area (Å²) < 4.78 is 10.7. The second-order valence-electron chi connectivity index (χ2n) is 7.11. The summed E-state index contributed by atoms with van der Waals surface area (Å²) in [6.07, 6.45) is 2.63. The molecule has 0 spiro atoms. The van der Waals surface area contributed by atoms with Gasteiger partial charge in [0, 0.05) is 42.3 Å². The van der Waals surface area contributed by atoms with E-state index in [1.165, 1.54) is 0 Å². The lowest BCUT2D eigenvalue weighted by Gasteiger charge is -2.26. The zero-order valence-electron chi connectivity index (χ0n) is 16.6. The van der Waals surface area contributed by atoms with E-state index in [9.17, 15) is 4.79 Å². The summed E-state index contributed by atoms with van der Waals surface area (Å²) in [7, 11) is 1.61. The van der Waals surface area contributed by atoms with Crippen molar-refractivity contribution in [2.45, 2.75) is 6.42 Å². The molecule has 3 heterocycles. The number of aromatic nitrogens is 2. The maximum absolute atomic E-state index is 12.5. The lowest BCUT2D eigenvalue weighted by Crippen LogP contribution is -2.38. The first-order chi connectivity index (χ1) is 14.2. The molecule has 3 aromatic rings. The Morgan fingerprint density at radius 3 is 2.97 bits per heavy atom. The molecule has 7 heteroatoms. The quantitative estimate of drug-likeness (QED) is 0.603. The molecule has 29 heavy (non-hydrogen) atoms. The molecule has 1 saturated heterocycles. The Kier molecular flexibility index (Phi) is 6.07. The molecular formula is C22H26N4O3. The van der Waals surface area contributed by atoms with Crippen LogP contribution >= 0.6 is 0 Å². The third kappa shape index (κ3) is 4.58. The van der Waals surface area contributed by atoms with Crippen LogP contribution < -0.4 is 10.1 Å². The number of pyridine rings is 1. The topological polar surface area (TPSA) is 79.5 Å². The van der Waals surface area contributed by atoms with Gasteiger partial charge in [0.25, 0.3) is 5.91 Å². The van der Waals surface area contributed by atoms with Gasteiger partial charge >= 0.3 is 0 Å². The average Bonchev–Trinajstić information content (AvgIpc) is 3.20. The largest absolute Gasteiger partial charge is 0.481 e. The van der Waals surface area contributed by atoms with Crippen molar-refractivity contribution in [1.82, 2.24) is 20.2 Å². The van der Waals surface area contributed by atoms with Crippen molar-refractivity contribution in [3.63, 3.8) is 0 Å². The summed E-state index contributed by atoms with van der Waals surface area (Å²) in [4.78, 5) is 22.5. The van der Waals surface area contributed by atoms with Gasteiger partial charge in [-0.25, -0.2) is 4.98 Å². The molecule has 0 unspecified atom stereocenters. The van der Waals surface area contributed by atoms with Gasteiger partial charge in [0.2, 0.25) is 5.88 Å². The molecule has 0 radical (unpaired) electrons. The minimum absolute atomic E-state index is 0.0458. The predicted molar refractivity (Wildman–Crippen MR) is 112 cm³/mol. The highest BCUT2D eigenvalue weighted by Gasteiger charge is 2.13. The number of aromatic amines is 1. The highest BCUT2D eigenvalue weighted by molar-refractivity contribution is 5.99. The van der Waals surface area contributed by atoms with Crippen LogP contribution in [0.5, 0.6) is 5.88 Å². The second kappa shape index (κ2) is 9.07. The van der Waals surface area contributed by atoms with Gasteiger partial charge in [-0.15, -0.1) is 0 Å². The van der Waals surface area contributed by atoms with Crippen LogP contribution in [0.15, 0.2) is 42.6 Å². The number of ether oxygens (including phenoxy) is 2. The molecule has 1 aliphatic heterocycles. The smallest absolute Gasteiger partial charge is 0.251 e. The van der Waals surface area contributed by atoms with Crippen molar-refractivity contribution in [2.75, 3.05) is 46.5 Å². The van der Waals surface area contributed by atoms with Gasteiger partial charge in [0.15, 0.2) is 0 Å². The van der Waals surface area contributed by atoms with Crippen LogP contribution in [0, 0.1) is 0 Å². The van der Waals surface area contributed by atoms with E-state index in [4.69, 9.17) is 9.47 Å². The zero-order valence-corrected chi connectivity index (χ0v) is 16.6. The van der Waals surface area contributed by atoms with Crippen LogP contribution in [0.1, 0.15) is 16.8 Å². The van der Waals surface area contributed by atoms with Crippen molar-refractivity contribution >= 4 is 16.8 Å². The fourth-order valence-electron chi connectivity index (χ4n) is 3.61. The van der Waals surface area contributed by atoms with Gasteiger partial charge in [0.1, 0.15) is 0 Å². The monoisotopic (exact) mass is 394 g/mol. The van der Waals surface area contributed by atoms with E-state index in [0.717, 1.165) is 61.4 Å². The molecule has 0 atom stereocenters. The lowest BCUT2D eigenvalue weighted by atomic mass is 10.1. The lowest BCUT2D eigenvalue weighted by molar-refractivity contribution is 0.0374. The minimum atomic E-state index is -0.0458. The number of nitrogens with zero attached hydrogens (tertiary/aromatic N) is 2. The Labute approximate surface area is 170 Å². The van der Waals surface area contributed by atoms with Crippen molar-refractivity contribution < 1.29 is 14.3 Å². The summed E-state index contributed by atoms with van der Waals surface area (Å²) in [6, 6.07) is 11.5. The van der Waals surface area contributed by atoms with E-state index in [-0.39, 0.29) is 5.91 Å². The first-order valence-electron chi connectivity index (χ1n) is 9.95. The molecule has 4 rings (SSSR count). The van der Waals surface area contributed by atoms with Crippen molar-refractivity contribution in [2.24, 2.45) is 0 Å². The van der Waals surface area contributed by atoms with Gasteiger partial charge in [-0.2, -0.15) is 0 Å². The first kappa shape index (κ1) is 19.4. The summed E-state index contributed by atoms with van der Waals surface area (Å²) >= 11 is 0. The second-order valence-corrected chi connectivity index (χ2v) is 7.11. The summed E-state index contributed by atoms with van der Waals surface area (Å²) in [6.45, 7) is 5.20. The van der Waals surface area contributed by atoms with Crippen LogP contribution in [0.4, 0.5) is 0 Å². The van der Waals surface area contributed by atoms with Gasteiger partial charge in [0.05, 0.1) is 31.6 Å². The molecule has 0 saturated carbocycles. The van der Waals surface area contributed by atoms with E-state index in [1.54, 1.807) is 13.3 Å². The molecular weight excluding hydrogens is 368 g/mol. The average molecular weight is 394 g/mol. The fraction of sp³-hybridized carbons (Fsp3) is 0.364. The number of nitrogens with one attached hydrogen (secondary N) is 2. The molecule has 0 bridgehead atoms. The number of carbonyl (C=O) groups excluding carboxylic acids is 1. The van der Waals surface area contributed by atoms with E-state index < -0.39 is 0 Å². The third-order valence-electron chi connectivity index (χ3n) is 5.18. The summed E-state index contributed by atoms with van der Waals surface area (Å²) in [5, 5.41) is 4.00.